The second-order valence-electron chi connectivity index (χ2n) is 4.41. The van der Waals surface area contributed by atoms with Crippen LogP contribution in [0.3, 0.4) is 0 Å². The maximum Gasteiger partial charge on any atom is 0.282 e. The van der Waals surface area contributed by atoms with E-state index >= 15 is 0 Å². The summed E-state index contributed by atoms with van der Waals surface area (Å²) in [6, 6.07) is 0. The Balaban J connectivity index is 2.05. The summed E-state index contributed by atoms with van der Waals surface area (Å²) in [4.78, 5) is 0. The monoisotopic (exact) mass is 233 g/mol. The standard InChI is InChI=1S/C9H19N3O2S/c1-9-2-5-12(8-9)15(13,14)11-6-3-10-4-7-11/h9-10H,2-8H2,1H3/t9-/m1/s1. The highest BCUT2D eigenvalue weighted by molar-refractivity contribution is 7.86. The third kappa shape index (κ3) is 2.33. The van der Waals surface area contributed by atoms with E-state index in [1.807, 2.05) is 0 Å². The van der Waals surface area contributed by atoms with E-state index in [2.05, 4.69) is 12.2 Å². The van der Waals surface area contributed by atoms with Gasteiger partial charge in [-0.2, -0.15) is 17.0 Å². The van der Waals surface area contributed by atoms with E-state index in [0.29, 0.717) is 32.1 Å². The van der Waals surface area contributed by atoms with Gasteiger partial charge >= 0.3 is 0 Å². The topological polar surface area (TPSA) is 52.7 Å². The van der Waals surface area contributed by atoms with Crippen molar-refractivity contribution in [3.8, 4) is 0 Å². The Morgan fingerprint density at radius 3 is 2.33 bits per heavy atom. The van der Waals surface area contributed by atoms with Crippen molar-refractivity contribution in [3.63, 3.8) is 0 Å². The van der Waals surface area contributed by atoms with Gasteiger partial charge in [0.2, 0.25) is 0 Å². The van der Waals surface area contributed by atoms with Gasteiger partial charge in [-0.05, 0) is 12.3 Å². The molecular weight excluding hydrogens is 214 g/mol. The van der Waals surface area contributed by atoms with Crippen LogP contribution >= 0.6 is 0 Å². The molecular formula is C9H19N3O2S. The van der Waals surface area contributed by atoms with Crippen LogP contribution in [0.5, 0.6) is 0 Å². The van der Waals surface area contributed by atoms with Gasteiger partial charge in [0.05, 0.1) is 0 Å². The Hall–Kier alpha value is -0.170. The number of nitrogens with zero attached hydrogens (tertiary/aromatic N) is 2. The van der Waals surface area contributed by atoms with Crippen molar-refractivity contribution in [2.45, 2.75) is 13.3 Å². The number of hydrogen-bond acceptors (Lipinski definition) is 3. The van der Waals surface area contributed by atoms with Crippen LogP contribution in [0.4, 0.5) is 0 Å². The lowest BCUT2D eigenvalue weighted by Gasteiger charge is -2.30. The average molecular weight is 233 g/mol. The second kappa shape index (κ2) is 4.37. The van der Waals surface area contributed by atoms with Crippen molar-refractivity contribution in [2.75, 3.05) is 39.3 Å². The minimum Gasteiger partial charge on any atom is -0.314 e. The molecule has 0 spiro atoms. The van der Waals surface area contributed by atoms with Gasteiger partial charge in [-0.15, -0.1) is 0 Å². The van der Waals surface area contributed by atoms with Crippen LogP contribution in [0.2, 0.25) is 0 Å². The zero-order valence-corrected chi connectivity index (χ0v) is 9.96. The van der Waals surface area contributed by atoms with Crippen molar-refractivity contribution in [1.82, 2.24) is 13.9 Å². The van der Waals surface area contributed by atoms with Crippen molar-refractivity contribution >= 4 is 10.2 Å². The largest absolute Gasteiger partial charge is 0.314 e. The van der Waals surface area contributed by atoms with Crippen LogP contribution in [0.25, 0.3) is 0 Å². The summed E-state index contributed by atoms with van der Waals surface area (Å²) in [7, 11) is -3.17. The highest BCUT2D eigenvalue weighted by atomic mass is 32.2. The molecule has 2 saturated heterocycles. The number of piperazine rings is 1. The molecule has 6 heteroatoms. The van der Waals surface area contributed by atoms with E-state index in [-0.39, 0.29) is 0 Å². The molecule has 2 aliphatic rings. The van der Waals surface area contributed by atoms with E-state index in [0.717, 1.165) is 19.5 Å². The zero-order chi connectivity index (χ0) is 10.9. The van der Waals surface area contributed by atoms with Crippen molar-refractivity contribution in [2.24, 2.45) is 5.92 Å². The van der Waals surface area contributed by atoms with Gasteiger partial charge in [-0.25, -0.2) is 0 Å². The first-order valence-electron chi connectivity index (χ1n) is 5.56. The Morgan fingerprint density at radius 2 is 1.80 bits per heavy atom. The predicted molar refractivity (Wildman–Crippen MR) is 58.7 cm³/mol. The molecule has 0 aromatic rings. The van der Waals surface area contributed by atoms with Gasteiger partial charge in [-0.3, -0.25) is 0 Å². The van der Waals surface area contributed by atoms with Gasteiger partial charge < -0.3 is 5.32 Å². The highest BCUT2D eigenvalue weighted by Gasteiger charge is 2.34. The molecule has 2 rings (SSSR count). The Labute approximate surface area is 91.6 Å². The summed E-state index contributed by atoms with van der Waals surface area (Å²) in [5, 5.41) is 3.16. The lowest BCUT2D eigenvalue weighted by Crippen LogP contribution is -2.51. The number of hydrogen-bond donors (Lipinski definition) is 1. The van der Waals surface area contributed by atoms with Crippen molar-refractivity contribution in [3.05, 3.63) is 0 Å². The second-order valence-corrected chi connectivity index (χ2v) is 6.34. The fraction of sp³-hybridized carbons (Fsp3) is 1.00. The van der Waals surface area contributed by atoms with Crippen LogP contribution in [0.1, 0.15) is 13.3 Å². The highest BCUT2D eigenvalue weighted by Crippen LogP contribution is 2.20. The first-order valence-corrected chi connectivity index (χ1v) is 6.96. The quantitative estimate of drug-likeness (QED) is 0.698. The normalized spacial score (nSPS) is 30.9. The first-order chi connectivity index (χ1) is 7.10. The minimum atomic E-state index is -3.17. The van der Waals surface area contributed by atoms with Gasteiger partial charge in [0.1, 0.15) is 0 Å². The molecule has 88 valence electrons. The van der Waals surface area contributed by atoms with E-state index < -0.39 is 10.2 Å². The molecule has 2 fully saturated rings. The van der Waals surface area contributed by atoms with Gasteiger partial charge in [0.25, 0.3) is 10.2 Å². The summed E-state index contributed by atoms with van der Waals surface area (Å²) in [6.45, 7) is 6.22. The fourth-order valence-electron chi connectivity index (χ4n) is 2.14. The third-order valence-corrected chi connectivity index (χ3v) is 5.12. The molecule has 15 heavy (non-hydrogen) atoms. The van der Waals surface area contributed by atoms with E-state index in [4.69, 9.17) is 0 Å². The summed E-state index contributed by atoms with van der Waals surface area (Å²) in [6.07, 6.45) is 0.991. The Morgan fingerprint density at radius 1 is 1.13 bits per heavy atom. The lowest BCUT2D eigenvalue weighted by atomic mass is 10.2. The van der Waals surface area contributed by atoms with Crippen LogP contribution in [-0.2, 0) is 10.2 Å². The Kier molecular flexibility index (Phi) is 3.30. The summed E-state index contributed by atoms with van der Waals surface area (Å²) in [5.74, 6) is 0.502. The molecule has 2 aliphatic heterocycles. The molecule has 0 aliphatic carbocycles. The molecule has 0 aromatic carbocycles. The maximum absolute atomic E-state index is 12.2. The summed E-state index contributed by atoms with van der Waals surface area (Å²) in [5.41, 5.74) is 0. The minimum absolute atomic E-state index is 0.502. The summed E-state index contributed by atoms with van der Waals surface area (Å²) >= 11 is 0. The third-order valence-electron chi connectivity index (χ3n) is 3.12. The van der Waals surface area contributed by atoms with Crippen LogP contribution in [0, 0.1) is 5.92 Å². The van der Waals surface area contributed by atoms with Crippen LogP contribution in [0.15, 0.2) is 0 Å². The average Bonchev–Trinajstić information content (AvgIpc) is 2.67. The lowest BCUT2D eigenvalue weighted by molar-refractivity contribution is 0.324. The van der Waals surface area contributed by atoms with Crippen molar-refractivity contribution < 1.29 is 8.42 Å². The van der Waals surface area contributed by atoms with Crippen molar-refractivity contribution in [1.29, 1.82) is 0 Å². The molecule has 0 unspecified atom stereocenters. The molecule has 0 saturated carbocycles. The van der Waals surface area contributed by atoms with Gasteiger partial charge in [0, 0.05) is 39.3 Å². The Bertz CT molecular complexity index is 301. The van der Waals surface area contributed by atoms with Crippen LogP contribution < -0.4 is 5.32 Å². The fourth-order valence-corrected chi connectivity index (χ4v) is 3.89. The van der Waals surface area contributed by atoms with Gasteiger partial charge in [0.15, 0.2) is 0 Å². The molecule has 0 bridgehead atoms. The zero-order valence-electron chi connectivity index (χ0n) is 9.15. The smallest absolute Gasteiger partial charge is 0.282 e. The molecule has 0 radical (unpaired) electrons. The SMILES string of the molecule is C[C@@H]1CCN(S(=O)(=O)N2CCNCC2)C1. The molecule has 0 amide bonds. The molecule has 1 N–H and O–H groups in total. The van der Waals surface area contributed by atoms with E-state index in [1.165, 1.54) is 0 Å². The molecule has 2 heterocycles. The molecule has 5 nitrogen and oxygen atoms in total. The predicted octanol–water partition coefficient (Wildman–Crippen LogP) is -0.522. The molecule has 0 aromatic heterocycles. The molecule has 1 atom stereocenters. The summed E-state index contributed by atoms with van der Waals surface area (Å²) < 4.78 is 27.5. The number of nitrogens with one attached hydrogen (secondary N) is 1. The van der Waals surface area contributed by atoms with Crippen LogP contribution in [-0.4, -0.2) is 56.3 Å². The van der Waals surface area contributed by atoms with E-state index in [9.17, 15) is 8.42 Å². The maximum atomic E-state index is 12.2. The first kappa shape index (κ1) is 11.3. The van der Waals surface area contributed by atoms with E-state index in [1.54, 1.807) is 8.61 Å². The van der Waals surface area contributed by atoms with Gasteiger partial charge in [-0.1, -0.05) is 6.92 Å². The number of rotatable bonds is 2.